The molecule has 1 aromatic carbocycles. The van der Waals surface area contributed by atoms with E-state index in [-0.39, 0.29) is 5.78 Å². The highest BCUT2D eigenvalue weighted by Gasteiger charge is 2.22. The number of pyridine rings is 1. The van der Waals surface area contributed by atoms with E-state index < -0.39 is 0 Å². The molecule has 0 bridgehead atoms. The third-order valence-corrected chi connectivity index (χ3v) is 6.74. The molecule has 5 rings (SSSR count). The maximum absolute atomic E-state index is 11.6. The van der Waals surface area contributed by atoms with Crippen molar-refractivity contribution in [1.29, 1.82) is 0 Å². The molecule has 1 aromatic heterocycles. The molecule has 0 amide bonds. The van der Waals surface area contributed by atoms with Gasteiger partial charge in [0.1, 0.15) is 18.1 Å². The number of ether oxygens (including phenoxy) is 2. The number of anilines is 1. The number of benzene rings is 1. The maximum Gasteiger partial charge on any atom is 0.178 e. The van der Waals surface area contributed by atoms with Gasteiger partial charge in [0.15, 0.2) is 5.78 Å². The highest BCUT2D eigenvalue weighted by molar-refractivity contribution is 6.29. The number of aliphatic imine (C=N–C) groups is 1. The molecule has 0 radical (unpaired) electrons. The number of hydrogen-bond donors (Lipinski definition) is 1. The van der Waals surface area contributed by atoms with Crippen LogP contribution in [0.4, 0.5) is 5.69 Å². The lowest BCUT2D eigenvalue weighted by molar-refractivity contribution is -0.112. The first kappa shape index (κ1) is 21.6. The minimum Gasteiger partial charge on any atom is -0.497 e. The topological polar surface area (TPSA) is 76.1 Å². The molecule has 0 atom stereocenters. The number of nitrogens with zero attached hydrogens (tertiary/aromatic N) is 3. The zero-order chi connectivity index (χ0) is 22.6. The fourth-order valence-electron chi connectivity index (χ4n) is 4.83. The number of aromatic nitrogens is 1. The molecule has 7 nitrogen and oxygen atoms in total. The van der Waals surface area contributed by atoms with Crippen LogP contribution >= 0.6 is 0 Å². The predicted molar refractivity (Wildman–Crippen MR) is 130 cm³/mol. The molecule has 1 saturated heterocycles. The maximum atomic E-state index is 11.6. The number of carbonyl (C=O) groups excluding carboxylic acids is 1. The molecule has 33 heavy (non-hydrogen) atoms. The van der Waals surface area contributed by atoms with Crippen molar-refractivity contribution in [1.82, 2.24) is 10.3 Å². The number of hydrogen-bond acceptors (Lipinski definition) is 7. The van der Waals surface area contributed by atoms with Crippen LogP contribution in [0.2, 0.25) is 0 Å². The number of allylic oxidation sites excluding steroid dienone is 2. The van der Waals surface area contributed by atoms with E-state index in [4.69, 9.17) is 9.47 Å². The minimum atomic E-state index is 0.0597. The quantitative estimate of drug-likeness (QED) is 0.655. The number of methoxy groups -OCH3 is 1. The summed E-state index contributed by atoms with van der Waals surface area (Å²) in [4.78, 5) is 22.8. The van der Waals surface area contributed by atoms with E-state index in [9.17, 15) is 4.79 Å². The largest absolute Gasteiger partial charge is 0.497 e. The lowest BCUT2D eigenvalue weighted by atomic mass is 9.93. The lowest BCUT2D eigenvalue weighted by Gasteiger charge is -2.34. The van der Waals surface area contributed by atoms with E-state index in [0.717, 1.165) is 65.7 Å². The second-order valence-electron chi connectivity index (χ2n) is 8.88. The molecule has 172 valence electrons. The van der Waals surface area contributed by atoms with Gasteiger partial charge in [0, 0.05) is 36.8 Å². The van der Waals surface area contributed by atoms with Crippen molar-refractivity contribution in [2.24, 2.45) is 10.9 Å². The first-order valence-corrected chi connectivity index (χ1v) is 11.7. The highest BCUT2D eigenvalue weighted by atomic mass is 16.5. The van der Waals surface area contributed by atoms with Crippen LogP contribution in [-0.4, -0.2) is 56.9 Å². The Balaban J connectivity index is 1.10. The van der Waals surface area contributed by atoms with E-state index in [1.807, 2.05) is 24.4 Å². The zero-order valence-electron chi connectivity index (χ0n) is 19.0. The van der Waals surface area contributed by atoms with E-state index in [2.05, 4.69) is 32.3 Å². The van der Waals surface area contributed by atoms with Gasteiger partial charge in [0.05, 0.1) is 31.1 Å². The number of carbonyl (C=O) groups is 1. The predicted octanol–water partition coefficient (Wildman–Crippen LogP) is 3.65. The summed E-state index contributed by atoms with van der Waals surface area (Å²) in [5.41, 5.74) is 4.13. The van der Waals surface area contributed by atoms with Crippen molar-refractivity contribution in [3.8, 4) is 5.75 Å². The van der Waals surface area contributed by atoms with Crippen LogP contribution in [0.3, 0.4) is 0 Å². The Morgan fingerprint density at radius 1 is 1.24 bits per heavy atom. The molecule has 1 fully saturated rings. The third-order valence-electron chi connectivity index (χ3n) is 6.74. The molecular weight excluding hydrogens is 416 g/mol. The minimum absolute atomic E-state index is 0.0597. The molecule has 0 spiro atoms. The summed E-state index contributed by atoms with van der Waals surface area (Å²) in [6.45, 7) is 4.23. The van der Waals surface area contributed by atoms with Crippen LogP contribution in [0, 0.1) is 5.92 Å². The van der Waals surface area contributed by atoms with Gasteiger partial charge in [-0.2, -0.15) is 0 Å². The highest BCUT2D eigenvalue weighted by Crippen LogP contribution is 2.32. The SMILES string of the molecule is COc1ccc2nccc(N3CCC(CCNCC4=CC5=C(CO4)N=CC(=O)C5)CC3)c2c1. The van der Waals surface area contributed by atoms with Gasteiger partial charge in [-0.1, -0.05) is 0 Å². The Morgan fingerprint density at radius 2 is 2.12 bits per heavy atom. The van der Waals surface area contributed by atoms with Gasteiger partial charge in [-0.05, 0) is 67.6 Å². The number of nitrogens with one attached hydrogen (secondary N) is 1. The Morgan fingerprint density at radius 3 is 2.97 bits per heavy atom. The molecule has 0 saturated carbocycles. The van der Waals surface area contributed by atoms with Crippen molar-refractivity contribution in [2.45, 2.75) is 25.7 Å². The molecule has 3 aliphatic heterocycles. The van der Waals surface area contributed by atoms with Crippen molar-refractivity contribution in [2.75, 3.05) is 44.8 Å². The van der Waals surface area contributed by atoms with E-state index in [0.29, 0.717) is 19.6 Å². The van der Waals surface area contributed by atoms with Crippen LogP contribution in [0.15, 0.2) is 58.6 Å². The van der Waals surface area contributed by atoms with Gasteiger partial charge in [-0.25, -0.2) is 0 Å². The Hall–Kier alpha value is -3.19. The Labute approximate surface area is 194 Å². The van der Waals surface area contributed by atoms with Crippen molar-refractivity contribution in [3.63, 3.8) is 0 Å². The van der Waals surface area contributed by atoms with Crippen LogP contribution in [-0.2, 0) is 9.53 Å². The second-order valence-corrected chi connectivity index (χ2v) is 8.88. The number of rotatable bonds is 7. The zero-order valence-corrected chi connectivity index (χ0v) is 19.0. The fourth-order valence-corrected chi connectivity index (χ4v) is 4.83. The van der Waals surface area contributed by atoms with Gasteiger partial charge in [-0.15, -0.1) is 0 Å². The summed E-state index contributed by atoms with van der Waals surface area (Å²) < 4.78 is 11.2. The Bertz CT molecular complexity index is 1130. The van der Waals surface area contributed by atoms with Crippen molar-refractivity contribution >= 4 is 28.6 Å². The summed E-state index contributed by atoms with van der Waals surface area (Å²) in [5, 5.41) is 4.67. The number of fused-ring (bicyclic) bond motifs is 1. The van der Waals surface area contributed by atoms with Crippen molar-refractivity contribution < 1.29 is 14.3 Å². The lowest BCUT2D eigenvalue weighted by Crippen LogP contribution is -2.35. The summed E-state index contributed by atoms with van der Waals surface area (Å²) in [5.74, 6) is 2.54. The smallest absolute Gasteiger partial charge is 0.178 e. The molecule has 7 heteroatoms. The monoisotopic (exact) mass is 446 g/mol. The summed E-state index contributed by atoms with van der Waals surface area (Å²) in [7, 11) is 1.70. The molecule has 1 N–H and O–H groups in total. The molecule has 0 aliphatic carbocycles. The van der Waals surface area contributed by atoms with Gasteiger partial charge < -0.3 is 19.7 Å². The van der Waals surface area contributed by atoms with Gasteiger partial charge in [0.25, 0.3) is 0 Å². The van der Waals surface area contributed by atoms with E-state index in [1.54, 1.807) is 7.11 Å². The molecule has 2 aromatic rings. The van der Waals surface area contributed by atoms with Crippen LogP contribution in [0.1, 0.15) is 25.7 Å². The third kappa shape index (κ3) is 4.93. The van der Waals surface area contributed by atoms with E-state index in [1.165, 1.54) is 24.7 Å². The van der Waals surface area contributed by atoms with Crippen LogP contribution in [0.5, 0.6) is 5.75 Å². The Kier molecular flexibility index (Phi) is 6.39. The van der Waals surface area contributed by atoms with Gasteiger partial charge in [-0.3, -0.25) is 14.8 Å². The standard InChI is InChI=1S/C26H30N4O3/c1-32-21-2-3-24-23(14-21)26(5-9-28-24)30-10-6-18(7-11-30)4-8-27-16-22-13-19-12-20(31)15-29-25(19)17-33-22/h2-3,5,9,13-15,18,27H,4,6-8,10-12,16-17H2,1H3. The molecule has 3 aliphatic rings. The molecule has 0 unspecified atom stereocenters. The molecule has 4 heterocycles. The average molecular weight is 447 g/mol. The summed E-state index contributed by atoms with van der Waals surface area (Å²) >= 11 is 0. The number of piperidine rings is 1. The summed E-state index contributed by atoms with van der Waals surface area (Å²) in [6, 6.07) is 8.20. The molecular formula is C26H30N4O3. The normalized spacial score (nSPS) is 18.9. The fraction of sp³-hybridized carbons (Fsp3) is 0.423. The van der Waals surface area contributed by atoms with Crippen molar-refractivity contribution in [3.05, 3.63) is 53.6 Å². The first-order valence-electron chi connectivity index (χ1n) is 11.7. The van der Waals surface area contributed by atoms with E-state index >= 15 is 0 Å². The number of Topliss-reactive ketones (excluding diaryl/α,β-unsaturated/α-hetero) is 1. The van der Waals surface area contributed by atoms with Crippen LogP contribution < -0.4 is 15.0 Å². The van der Waals surface area contributed by atoms with Crippen LogP contribution in [0.25, 0.3) is 10.9 Å². The van der Waals surface area contributed by atoms with Gasteiger partial charge >= 0.3 is 0 Å². The first-order chi connectivity index (χ1) is 16.2. The average Bonchev–Trinajstić information content (AvgIpc) is 2.86. The number of ketones is 1. The second kappa shape index (κ2) is 9.75. The van der Waals surface area contributed by atoms with Gasteiger partial charge in [0.2, 0.25) is 0 Å². The summed E-state index contributed by atoms with van der Waals surface area (Å²) in [6.07, 6.45) is 9.24.